The van der Waals surface area contributed by atoms with E-state index in [0.717, 1.165) is 12.1 Å². The molecule has 0 spiro atoms. The zero-order valence-corrected chi connectivity index (χ0v) is 11.8. The Balaban J connectivity index is 1.97. The fourth-order valence-electron chi connectivity index (χ4n) is 2.61. The zero-order valence-electron chi connectivity index (χ0n) is 11.8. The lowest BCUT2D eigenvalue weighted by Crippen LogP contribution is -2.56. The molecule has 1 atom stereocenters. The van der Waals surface area contributed by atoms with Crippen molar-refractivity contribution in [3.8, 4) is 0 Å². The molecule has 1 unspecified atom stereocenters. The van der Waals surface area contributed by atoms with Crippen molar-refractivity contribution in [2.45, 2.75) is 37.8 Å². The van der Waals surface area contributed by atoms with Crippen LogP contribution in [0.3, 0.4) is 0 Å². The fourth-order valence-corrected chi connectivity index (χ4v) is 2.61. The molecule has 106 valence electrons. The lowest BCUT2D eigenvalue weighted by atomic mass is 9.75. The zero-order chi connectivity index (χ0) is 14.0. The van der Waals surface area contributed by atoms with Crippen LogP contribution >= 0.6 is 0 Å². The van der Waals surface area contributed by atoms with Crippen LogP contribution in [0.4, 0.5) is 8.78 Å². The van der Waals surface area contributed by atoms with Gasteiger partial charge in [0, 0.05) is 18.1 Å². The summed E-state index contributed by atoms with van der Waals surface area (Å²) in [5, 5.41) is 3.44. The van der Waals surface area contributed by atoms with E-state index in [-0.39, 0.29) is 11.6 Å². The van der Waals surface area contributed by atoms with Crippen molar-refractivity contribution in [3.05, 3.63) is 35.4 Å². The highest BCUT2D eigenvalue weighted by Gasteiger charge is 2.38. The van der Waals surface area contributed by atoms with Crippen molar-refractivity contribution in [1.29, 1.82) is 0 Å². The second kappa shape index (κ2) is 5.55. The van der Waals surface area contributed by atoms with Gasteiger partial charge in [0.1, 0.15) is 0 Å². The Morgan fingerprint density at radius 1 is 1.26 bits per heavy atom. The van der Waals surface area contributed by atoms with Crippen LogP contribution in [0.1, 0.15) is 37.8 Å². The second-order valence-corrected chi connectivity index (χ2v) is 5.75. The van der Waals surface area contributed by atoms with Crippen molar-refractivity contribution < 1.29 is 8.78 Å². The maximum Gasteiger partial charge on any atom is 0.159 e. The molecular formula is C15H22F2N2. The summed E-state index contributed by atoms with van der Waals surface area (Å²) in [6.45, 7) is 2.86. The minimum Gasteiger partial charge on any atom is -0.308 e. The molecule has 0 saturated heterocycles. The molecule has 1 aromatic rings. The van der Waals surface area contributed by atoms with Gasteiger partial charge in [-0.1, -0.05) is 6.07 Å². The molecule has 2 rings (SSSR count). The van der Waals surface area contributed by atoms with E-state index >= 15 is 0 Å². The molecule has 1 aliphatic carbocycles. The molecule has 1 aromatic carbocycles. The Morgan fingerprint density at radius 3 is 2.42 bits per heavy atom. The largest absolute Gasteiger partial charge is 0.308 e. The van der Waals surface area contributed by atoms with Crippen LogP contribution in [0, 0.1) is 11.6 Å². The first kappa shape index (κ1) is 14.4. The lowest BCUT2D eigenvalue weighted by Gasteiger charge is -2.48. The molecular weight excluding hydrogens is 246 g/mol. The average Bonchev–Trinajstić information content (AvgIpc) is 2.30. The summed E-state index contributed by atoms with van der Waals surface area (Å²) in [5.41, 5.74) is 1.01. The maximum atomic E-state index is 13.2. The molecule has 19 heavy (non-hydrogen) atoms. The van der Waals surface area contributed by atoms with Gasteiger partial charge in [0.25, 0.3) is 0 Å². The molecule has 1 saturated carbocycles. The second-order valence-electron chi connectivity index (χ2n) is 5.75. The van der Waals surface area contributed by atoms with Crippen molar-refractivity contribution in [3.63, 3.8) is 0 Å². The van der Waals surface area contributed by atoms with Crippen molar-refractivity contribution >= 4 is 0 Å². The third-order valence-electron chi connectivity index (χ3n) is 4.41. The minimum atomic E-state index is -0.792. The molecule has 0 aromatic heterocycles. The van der Waals surface area contributed by atoms with E-state index in [1.54, 1.807) is 6.07 Å². The smallest absolute Gasteiger partial charge is 0.159 e. The number of benzene rings is 1. The number of hydrogen-bond donors (Lipinski definition) is 1. The van der Waals surface area contributed by atoms with Crippen LogP contribution in [0.5, 0.6) is 0 Å². The molecule has 0 heterocycles. The summed E-state index contributed by atoms with van der Waals surface area (Å²) in [7, 11) is 4.20. The Morgan fingerprint density at radius 2 is 1.95 bits per heavy atom. The van der Waals surface area contributed by atoms with E-state index in [1.807, 2.05) is 6.92 Å². The van der Waals surface area contributed by atoms with Gasteiger partial charge >= 0.3 is 0 Å². The van der Waals surface area contributed by atoms with Gasteiger partial charge in [-0.3, -0.25) is 0 Å². The summed E-state index contributed by atoms with van der Waals surface area (Å²) in [5.74, 6) is -1.57. The first-order valence-corrected chi connectivity index (χ1v) is 6.80. The summed E-state index contributed by atoms with van der Waals surface area (Å²) >= 11 is 0. The number of nitrogens with one attached hydrogen (secondary N) is 1. The van der Waals surface area contributed by atoms with Crippen molar-refractivity contribution in [1.82, 2.24) is 10.2 Å². The van der Waals surface area contributed by atoms with Gasteiger partial charge in [-0.05, 0) is 58.0 Å². The predicted octanol–water partition coefficient (Wildman–Crippen LogP) is 3.10. The molecule has 4 heteroatoms. The number of likely N-dealkylation sites (N-methyl/N-ethyl adjacent to an activating group) is 1. The van der Waals surface area contributed by atoms with Crippen LogP contribution in [-0.2, 0) is 0 Å². The van der Waals surface area contributed by atoms with Gasteiger partial charge in [-0.25, -0.2) is 8.78 Å². The van der Waals surface area contributed by atoms with Crippen LogP contribution in [0.2, 0.25) is 0 Å². The molecule has 1 N–H and O–H groups in total. The molecule has 0 radical (unpaired) electrons. The van der Waals surface area contributed by atoms with Gasteiger partial charge in [-0.2, -0.15) is 0 Å². The Hall–Kier alpha value is -1.00. The van der Waals surface area contributed by atoms with E-state index < -0.39 is 11.6 Å². The van der Waals surface area contributed by atoms with Crippen molar-refractivity contribution in [2.24, 2.45) is 0 Å². The van der Waals surface area contributed by atoms with Gasteiger partial charge in [-0.15, -0.1) is 0 Å². The molecule has 0 amide bonds. The number of nitrogens with zero attached hydrogens (tertiary/aromatic N) is 1. The third kappa shape index (κ3) is 2.95. The number of rotatable bonds is 5. The molecule has 1 aliphatic rings. The van der Waals surface area contributed by atoms with Gasteiger partial charge in [0.2, 0.25) is 0 Å². The summed E-state index contributed by atoms with van der Waals surface area (Å²) in [6.07, 6.45) is 3.65. The van der Waals surface area contributed by atoms with Crippen LogP contribution in [-0.4, -0.2) is 31.1 Å². The molecule has 2 nitrogen and oxygen atoms in total. The topological polar surface area (TPSA) is 15.3 Å². The highest BCUT2D eigenvalue weighted by molar-refractivity contribution is 5.21. The Labute approximate surface area is 113 Å². The predicted molar refractivity (Wildman–Crippen MR) is 73.0 cm³/mol. The normalized spacial score (nSPS) is 19.3. The van der Waals surface area contributed by atoms with Crippen LogP contribution < -0.4 is 5.32 Å². The van der Waals surface area contributed by atoms with Gasteiger partial charge in [0.05, 0.1) is 0 Å². The molecule has 0 aliphatic heterocycles. The first-order chi connectivity index (χ1) is 8.94. The van der Waals surface area contributed by atoms with E-state index in [2.05, 4.69) is 24.3 Å². The van der Waals surface area contributed by atoms with E-state index in [1.165, 1.54) is 31.4 Å². The van der Waals surface area contributed by atoms with E-state index in [4.69, 9.17) is 0 Å². The highest BCUT2D eigenvalue weighted by atomic mass is 19.2. The monoisotopic (exact) mass is 268 g/mol. The van der Waals surface area contributed by atoms with E-state index in [0.29, 0.717) is 0 Å². The third-order valence-corrected chi connectivity index (χ3v) is 4.41. The summed E-state index contributed by atoms with van der Waals surface area (Å²) in [6, 6.07) is 4.12. The quantitative estimate of drug-likeness (QED) is 0.882. The van der Waals surface area contributed by atoms with Crippen LogP contribution in [0.25, 0.3) is 0 Å². The van der Waals surface area contributed by atoms with Gasteiger partial charge in [0.15, 0.2) is 11.6 Å². The minimum absolute atomic E-state index is 0.0209. The molecule has 0 bridgehead atoms. The fraction of sp³-hybridized carbons (Fsp3) is 0.600. The standard InChI is InChI=1S/C15H22F2N2/c1-11(12-5-6-13(16)14(17)9-12)18-10-15(19(2)3)7-4-8-15/h5-6,9,11,18H,4,7-8,10H2,1-3H3. The molecule has 1 fully saturated rings. The SMILES string of the molecule is CC(NCC1(N(C)C)CCC1)c1ccc(F)c(F)c1. The Bertz CT molecular complexity index is 442. The Kier molecular flexibility index (Phi) is 4.21. The first-order valence-electron chi connectivity index (χ1n) is 6.80. The van der Waals surface area contributed by atoms with E-state index in [9.17, 15) is 8.78 Å². The van der Waals surface area contributed by atoms with Crippen molar-refractivity contribution in [2.75, 3.05) is 20.6 Å². The maximum absolute atomic E-state index is 13.2. The number of hydrogen-bond acceptors (Lipinski definition) is 2. The lowest BCUT2D eigenvalue weighted by molar-refractivity contribution is 0.0576. The number of halogens is 2. The highest BCUT2D eigenvalue weighted by Crippen LogP contribution is 2.35. The van der Waals surface area contributed by atoms with Gasteiger partial charge < -0.3 is 10.2 Å². The van der Waals surface area contributed by atoms with Crippen LogP contribution in [0.15, 0.2) is 18.2 Å². The summed E-state index contributed by atoms with van der Waals surface area (Å²) < 4.78 is 26.1. The average molecular weight is 268 g/mol. The summed E-state index contributed by atoms with van der Waals surface area (Å²) in [4.78, 5) is 2.27.